The molecule has 1 fully saturated rings. The van der Waals surface area contributed by atoms with Gasteiger partial charge in [-0.15, -0.1) is 22.1 Å². The molecule has 0 aliphatic carbocycles. The number of rotatable bonds is 8. The average Bonchev–Trinajstić information content (AvgIpc) is 3.49. The second-order valence-corrected chi connectivity index (χ2v) is 13.9. The van der Waals surface area contributed by atoms with Gasteiger partial charge in [-0.25, -0.2) is 9.97 Å². The molecule has 8 bridgehead atoms. The largest absolute Gasteiger partial charge is 2.00 e. The number of carbonyl (C=O) groups is 2. The number of carboxylic acids is 2. The van der Waals surface area contributed by atoms with Crippen molar-refractivity contribution >= 4 is 80.7 Å². The molecule has 8 nitrogen and oxygen atoms in total. The molecule has 0 spiro atoms. The molecule has 3 aliphatic heterocycles. The second-order valence-electron chi connectivity index (χ2n) is 11.7. The molecule has 0 aromatic carbocycles. The molecule has 45 heavy (non-hydrogen) atoms. The first-order valence-electron chi connectivity index (χ1n) is 14.8. The zero-order valence-electron chi connectivity index (χ0n) is 25.7. The molecule has 2 atom stereocenters. The molecule has 2 N–H and O–H groups in total. The summed E-state index contributed by atoms with van der Waals surface area (Å²) in [5, 5.41) is 19.4. The van der Waals surface area contributed by atoms with E-state index in [-0.39, 0.29) is 35.2 Å². The first kappa shape index (κ1) is 33.1. The third-order valence-electron chi connectivity index (χ3n) is 8.77. The zero-order chi connectivity index (χ0) is 31.4. The van der Waals surface area contributed by atoms with Crippen molar-refractivity contribution in [3.8, 4) is 0 Å². The van der Waals surface area contributed by atoms with Gasteiger partial charge in [-0.2, -0.15) is 12.6 Å². The van der Waals surface area contributed by atoms with Crippen molar-refractivity contribution in [3.05, 3.63) is 69.3 Å². The van der Waals surface area contributed by atoms with Crippen LogP contribution >= 0.6 is 12.6 Å². The van der Waals surface area contributed by atoms with E-state index < -0.39 is 11.9 Å². The number of aliphatic carboxylic acids is 2. The van der Waals surface area contributed by atoms with Crippen molar-refractivity contribution in [1.29, 1.82) is 0 Å². The molecule has 0 radical (unpaired) electrons. The van der Waals surface area contributed by atoms with Gasteiger partial charge in [-0.1, -0.05) is 41.0 Å². The van der Waals surface area contributed by atoms with Crippen LogP contribution in [0, 0.1) is 13.8 Å². The molecule has 1 saturated heterocycles. The first-order valence-corrected chi connectivity index (χ1v) is 16.4. The molecule has 0 saturated carbocycles. The smallest absolute Gasteiger partial charge is 0.657 e. The van der Waals surface area contributed by atoms with Gasteiger partial charge >= 0.3 is 29.0 Å². The third kappa shape index (κ3) is 6.41. The number of fused-ring (bicyclic) bond motifs is 8. The number of aryl methyl sites for hydroxylation is 3. The molecule has 6 heterocycles. The topological polar surface area (TPSA) is 129 Å². The number of carboxylic acid groups (broad SMARTS) is 2. The summed E-state index contributed by atoms with van der Waals surface area (Å²) in [7, 11) is 0. The molecule has 6 rings (SSSR count). The van der Waals surface area contributed by atoms with Crippen LogP contribution in [0.4, 0.5) is 0 Å². The molecular weight excluding hydrogens is 648 g/mol. The third-order valence-corrected chi connectivity index (χ3v) is 10.0. The van der Waals surface area contributed by atoms with E-state index in [0.717, 1.165) is 72.7 Å². The summed E-state index contributed by atoms with van der Waals surface area (Å²) < 4.78 is 0. The van der Waals surface area contributed by atoms with Crippen LogP contribution in [-0.2, 0) is 44.8 Å². The fraction of sp³-hybridized carbons (Fsp3) is 0.353. The molecule has 3 aromatic heterocycles. The summed E-state index contributed by atoms with van der Waals surface area (Å²) in [6.45, 7) is 10.2. The van der Waals surface area contributed by atoms with Crippen LogP contribution in [0.2, 0.25) is 0 Å². The normalized spacial score (nSPS) is 16.5. The minimum Gasteiger partial charge on any atom is -0.657 e. The van der Waals surface area contributed by atoms with E-state index in [1.54, 1.807) is 0 Å². The van der Waals surface area contributed by atoms with E-state index in [1.165, 1.54) is 17.3 Å². The maximum Gasteiger partial charge on any atom is 2.00 e. The minimum absolute atomic E-state index is 0. The Morgan fingerprint density at radius 1 is 0.844 bits per heavy atom. The fourth-order valence-corrected chi connectivity index (χ4v) is 7.40. The fourth-order valence-electron chi connectivity index (χ4n) is 6.28. The van der Waals surface area contributed by atoms with Gasteiger partial charge in [0.15, 0.2) is 11.0 Å². The van der Waals surface area contributed by atoms with Crippen molar-refractivity contribution in [2.24, 2.45) is 0 Å². The van der Waals surface area contributed by atoms with E-state index in [4.69, 9.17) is 32.6 Å². The Labute approximate surface area is 282 Å². The monoisotopic (exact) mass is 683 g/mol. The molecular formula is C34H35FeN4O4S2+. The van der Waals surface area contributed by atoms with Gasteiger partial charge in [0.2, 0.25) is 0 Å². The standard InChI is InChI=1S/C34H36N4O4S2.Fe/c1-15-20(6-8-31(39)40)26-13-27-21(7-9-32(41)42)16(2)23(36-27)11-28-33(19(5)43)17(3)25(37-28)12-29-34(30-14-44-30)18(4)24(38-29)10-22(15)35-26;/h10-13,19,30H,6-9,14H2,1-5H3,(H5,35,36,37,38,39,40,41,42,43);/q;+2/p-1. The number of hydrogen-bond donors (Lipinski definition) is 3. The van der Waals surface area contributed by atoms with Crippen LogP contribution < -0.4 is 9.97 Å². The number of hydrogen-bond acceptors (Lipinski definition) is 5. The van der Waals surface area contributed by atoms with E-state index in [0.29, 0.717) is 35.0 Å². The average molecular weight is 684 g/mol. The first-order chi connectivity index (χ1) is 20.9. The van der Waals surface area contributed by atoms with Crippen LogP contribution in [0.3, 0.4) is 0 Å². The maximum absolute atomic E-state index is 11.6. The Morgan fingerprint density at radius 3 is 2.02 bits per heavy atom. The zero-order valence-corrected chi connectivity index (χ0v) is 28.6. The van der Waals surface area contributed by atoms with E-state index in [9.17, 15) is 19.8 Å². The van der Waals surface area contributed by atoms with Crippen LogP contribution in [0.25, 0.3) is 44.4 Å². The molecule has 0 amide bonds. The Kier molecular flexibility index (Phi) is 9.47. The van der Waals surface area contributed by atoms with Gasteiger partial charge in [0.1, 0.15) is 0 Å². The SMILES string of the molecule is CC1=C(CCC(=O)O)c2cc3[n-]c(cc4nc(cc5[n-]c(cc1n2)c(C(C)S)c5C)C(C1C[SH+]1)=C4C)c(C)c3CCC(=O)O.[Fe+2]. The van der Waals surface area contributed by atoms with Crippen LogP contribution in [0.1, 0.15) is 90.3 Å². The summed E-state index contributed by atoms with van der Waals surface area (Å²) in [4.78, 5) is 43.3. The predicted molar refractivity (Wildman–Crippen MR) is 181 cm³/mol. The van der Waals surface area contributed by atoms with Crippen molar-refractivity contribution in [3.63, 3.8) is 0 Å². The number of nitrogens with zero attached hydrogens (tertiary/aromatic N) is 4. The minimum atomic E-state index is -0.886. The maximum atomic E-state index is 11.6. The summed E-state index contributed by atoms with van der Waals surface area (Å²) in [6, 6.07) is 7.94. The molecule has 234 valence electrons. The predicted octanol–water partition coefficient (Wildman–Crippen LogP) is 6.12. The van der Waals surface area contributed by atoms with E-state index in [1.807, 2.05) is 39.0 Å². The Balaban J connectivity index is 0.00000400. The Bertz CT molecular complexity index is 1970. The van der Waals surface area contributed by atoms with Gasteiger partial charge in [-0.05, 0) is 81.5 Å². The molecule has 11 heteroatoms. The van der Waals surface area contributed by atoms with Crippen molar-refractivity contribution in [1.82, 2.24) is 19.9 Å². The number of allylic oxidation sites excluding steroid dienone is 3. The Morgan fingerprint density at radius 2 is 1.38 bits per heavy atom. The number of thiol groups is 2. The quantitative estimate of drug-likeness (QED) is 0.112. The van der Waals surface area contributed by atoms with Crippen LogP contribution in [0.5, 0.6) is 0 Å². The van der Waals surface area contributed by atoms with Gasteiger partial charge in [-0.3, -0.25) is 9.59 Å². The van der Waals surface area contributed by atoms with E-state index >= 15 is 0 Å². The van der Waals surface area contributed by atoms with Crippen LogP contribution in [0.15, 0.2) is 24.3 Å². The van der Waals surface area contributed by atoms with Crippen LogP contribution in [-0.4, -0.2) is 43.1 Å². The Hall–Kier alpha value is -3.24. The van der Waals surface area contributed by atoms with Gasteiger partial charge in [0.25, 0.3) is 0 Å². The summed E-state index contributed by atoms with van der Waals surface area (Å²) in [6.07, 6.45) is 0.557. The molecule has 3 aromatic rings. The molecule has 3 aliphatic rings. The summed E-state index contributed by atoms with van der Waals surface area (Å²) >= 11 is 6.20. The van der Waals surface area contributed by atoms with Gasteiger partial charge in [0.05, 0.1) is 22.8 Å². The summed E-state index contributed by atoms with van der Waals surface area (Å²) in [5.74, 6) is -0.656. The second kappa shape index (κ2) is 12.9. The molecule has 2 unspecified atom stereocenters. The van der Waals surface area contributed by atoms with E-state index in [2.05, 4.69) is 19.9 Å². The summed E-state index contributed by atoms with van der Waals surface area (Å²) in [5.41, 5.74) is 14.1. The van der Waals surface area contributed by atoms with Crippen molar-refractivity contribution in [2.45, 2.75) is 70.8 Å². The van der Waals surface area contributed by atoms with Crippen molar-refractivity contribution in [2.75, 3.05) is 5.75 Å². The number of aromatic nitrogens is 4. The van der Waals surface area contributed by atoms with Gasteiger partial charge < -0.3 is 20.2 Å². The van der Waals surface area contributed by atoms with Gasteiger partial charge in [0, 0.05) is 23.7 Å². The van der Waals surface area contributed by atoms with Crippen molar-refractivity contribution < 1.29 is 36.9 Å².